The maximum Gasteiger partial charge on any atom is 0.346 e. The van der Waals surface area contributed by atoms with Crippen molar-refractivity contribution in [3.05, 3.63) is 90.7 Å². The van der Waals surface area contributed by atoms with Crippen molar-refractivity contribution < 1.29 is 18.7 Å². The smallest absolute Gasteiger partial charge is 0.346 e. The van der Waals surface area contributed by atoms with E-state index < -0.39 is 28.6 Å². The Morgan fingerprint density at radius 2 is 1.38 bits per heavy atom. The lowest BCUT2D eigenvalue weighted by molar-refractivity contribution is 0.0399. The molecule has 0 spiro atoms. The molecule has 26 heavy (non-hydrogen) atoms. The number of rotatable bonds is 0. The molecule has 2 aromatic carbocycles. The number of hydrogen-bond donors (Lipinski definition) is 0. The quantitative estimate of drug-likeness (QED) is 0.448. The lowest BCUT2D eigenvalue weighted by Crippen LogP contribution is -2.14. The van der Waals surface area contributed by atoms with E-state index in [9.17, 15) is 24.0 Å². The standard InChI is InChI=1S/C19H8O7/c20-15-4-2-9-1-3-13-14(5-9)19(24)26-17(22)12-7-10(15)6-11(8-12)16(21)25-18(13)23/h1-8H. The van der Waals surface area contributed by atoms with E-state index in [0.29, 0.717) is 5.39 Å². The van der Waals surface area contributed by atoms with Gasteiger partial charge in [0.05, 0.1) is 21.9 Å². The Labute approximate surface area is 143 Å². The van der Waals surface area contributed by atoms with Gasteiger partial charge < -0.3 is 9.15 Å². The number of carbonyl (C=O) groups is 2. The van der Waals surface area contributed by atoms with Crippen LogP contribution in [0.5, 0.6) is 0 Å². The first-order chi connectivity index (χ1) is 12.4. The summed E-state index contributed by atoms with van der Waals surface area (Å²) in [6, 6.07) is 10.2. The normalized spacial score (nSPS) is 12.8. The van der Waals surface area contributed by atoms with Crippen molar-refractivity contribution in [1.82, 2.24) is 0 Å². The van der Waals surface area contributed by atoms with Gasteiger partial charge in [0, 0.05) is 5.39 Å². The van der Waals surface area contributed by atoms with E-state index in [1.807, 2.05) is 0 Å². The van der Waals surface area contributed by atoms with Crippen molar-refractivity contribution in [2.24, 2.45) is 0 Å². The van der Waals surface area contributed by atoms with Crippen molar-refractivity contribution >= 4 is 33.5 Å². The highest BCUT2D eigenvalue weighted by Gasteiger charge is 2.20. The van der Waals surface area contributed by atoms with E-state index in [2.05, 4.69) is 0 Å². The highest BCUT2D eigenvalue weighted by Crippen LogP contribution is 2.16. The molecule has 7 heteroatoms. The van der Waals surface area contributed by atoms with Crippen LogP contribution in [0.1, 0.15) is 20.7 Å². The van der Waals surface area contributed by atoms with Gasteiger partial charge in [0.2, 0.25) is 0 Å². The lowest BCUT2D eigenvalue weighted by atomic mass is 10.1. The van der Waals surface area contributed by atoms with Crippen LogP contribution in [0.2, 0.25) is 0 Å². The molecule has 0 fully saturated rings. The fourth-order valence-electron chi connectivity index (χ4n) is 2.68. The van der Waals surface area contributed by atoms with Crippen LogP contribution in [-0.4, -0.2) is 11.9 Å². The van der Waals surface area contributed by atoms with Crippen molar-refractivity contribution in [3.63, 3.8) is 0 Å². The van der Waals surface area contributed by atoms with Crippen LogP contribution in [0.15, 0.2) is 67.3 Å². The Balaban J connectivity index is 2.41. The Morgan fingerprint density at radius 1 is 0.654 bits per heavy atom. The van der Waals surface area contributed by atoms with Crippen molar-refractivity contribution in [1.29, 1.82) is 0 Å². The molecule has 0 saturated carbocycles. The summed E-state index contributed by atoms with van der Waals surface area (Å²) in [6.45, 7) is 0. The molecular formula is C19H8O7. The SMILES string of the molecule is O=C1OC(=O)c2ccc3ccc(=O)c4cc1cc(c4)c(=O)oc(=O)c2c3. The number of benzene rings is 2. The molecule has 126 valence electrons. The molecule has 1 aliphatic heterocycles. The van der Waals surface area contributed by atoms with Gasteiger partial charge in [0.25, 0.3) is 0 Å². The summed E-state index contributed by atoms with van der Waals surface area (Å²) >= 11 is 0. The Bertz CT molecular complexity index is 1350. The van der Waals surface area contributed by atoms with Crippen LogP contribution in [0.4, 0.5) is 0 Å². The van der Waals surface area contributed by atoms with E-state index in [4.69, 9.17) is 9.15 Å². The third-order valence-corrected chi connectivity index (χ3v) is 3.97. The van der Waals surface area contributed by atoms with Gasteiger partial charge in [-0.25, -0.2) is 19.2 Å². The fraction of sp³-hybridized carbons (Fsp3) is 0. The van der Waals surface area contributed by atoms with Crippen molar-refractivity contribution in [2.45, 2.75) is 0 Å². The first kappa shape index (κ1) is 15.6. The maximum atomic E-state index is 12.4. The lowest BCUT2D eigenvalue weighted by Gasteiger charge is -2.04. The van der Waals surface area contributed by atoms with Gasteiger partial charge in [-0.2, -0.15) is 0 Å². The van der Waals surface area contributed by atoms with Gasteiger partial charge in [0.15, 0.2) is 5.43 Å². The molecule has 0 saturated heterocycles. The number of carbonyl (C=O) groups excluding carboxylic acids is 2. The molecule has 7 nitrogen and oxygen atoms in total. The second-order valence-electron chi connectivity index (χ2n) is 5.66. The minimum atomic E-state index is -1.07. The summed E-state index contributed by atoms with van der Waals surface area (Å²) in [5, 5.41) is 0.00824. The Hall–Kier alpha value is -3.87. The molecule has 0 atom stereocenters. The highest BCUT2D eigenvalue weighted by molar-refractivity contribution is 6.07. The van der Waals surface area contributed by atoms with Gasteiger partial charge in [-0.05, 0) is 41.8 Å². The molecule has 3 aromatic rings. The first-order valence-electron chi connectivity index (χ1n) is 7.47. The molecule has 1 aromatic heterocycles. The fourth-order valence-corrected chi connectivity index (χ4v) is 2.68. The molecule has 4 rings (SSSR count). The van der Waals surface area contributed by atoms with Crippen LogP contribution < -0.4 is 16.7 Å². The zero-order valence-electron chi connectivity index (χ0n) is 13.0. The summed E-state index contributed by atoms with van der Waals surface area (Å²) in [5.74, 6) is -2.12. The molecule has 0 radical (unpaired) electrons. The van der Waals surface area contributed by atoms with Gasteiger partial charge in [-0.1, -0.05) is 12.1 Å². The van der Waals surface area contributed by atoms with Gasteiger partial charge >= 0.3 is 23.2 Å². The Morgan fingerprint density at radius 3 is 2.19 bits per heavy atom. The highest BCUT2D eigenvalue weighted by atomic mass is 16.6. The average molecular weight is 348 g/mol. The van der Waals surface area contributed by atoms with Gasteiger partial charge in [-0.3, -0.25) is 4.79 Å². The average Bonchev–Trinajstić information content (AvgIpc) is 2.64. The number of ether oxygens (including phenoxy) is 1. The summed E-state index contributed by atoms with van der Waals surface area (Å²) in [5.41, 5.74) is -3.00. The number of hydrogen-bond acceptors (Lipinski definition) is 7. The van der Waals surface area contributed by atoms with E-state index >= 15 is 0 Å². The van der Waals surface area contributed by atoms with Crippen LogP contribution in [0.25, 0.3) is 21.5 Å². The number of fused-ring (bicyclic) bond motifs is 5. The molecule has 5 bridgehead atoms. The Kier molecular flexibility index (Phi) is 3.37. The summed E-state index contributed by atoms with van der Waals surface area (Å²) in [6.07, 6.45) is 0. The second-order valence-corrected chi connectivity index (χ2v) is 5.66. The zero-order valence-corrected chi connectivity index (χ0v) is 13.0. The van der Waals surface area contributed by atoms with Crippen LogP contribution in [0, 0.1) is 0 Å². The minimum Gasteiger partial charge on any atom is -0.386 e. The van der Waals surface area contributed by atoms with Crippen LogP contribution >= 0.6 is 0 Å². The van der Waals surface area contributed by atoms with Crippen LogP contribution in [-0.2, 0) is 4.74 Å². The predicted molar refractivity (Wildman–Crippen MR) is 91.1 cm³/mol. The monoisotopic (exact) mass is 348 g/mol. The predicted octanol–water partition coefficient (Wildman–Crippen LogP) is 1.54. The first-order valence-corrected chi connectivity index (χ1v) is 7.47. The summed E-state index contributed by atoms with van der Waals surface area (Å²) in [4.78, 5) is 61.6. The number of cyclic esters (lactones) is 2. The molecule has 1 aliphatic rings. The molecular weight excluding hydrogens is 340 g/mol. The van der Waals surface area contributed by atoms with E-state index in [1.165, 1.54) is 42.5 Å². The molecule has 0 unspecified atom stereocenters. The molecule has 2 heterocycles. The molecule has 0 amide bonds. The zero-order chi connectivity index (χ0) is 18.4. The third-order valence-electron chi connectivity index (χ3n) is 3.97. The van der Waals surface area contributed by atoms with Crippen molar-refractivity contribution in [3.8, 4) is 0 Å². The van der Waals surface area contributed by atoms with E-state index in [-0.39, 0.29) is 27.3 Å². The maximum absolute atomic E-state index is 12.4. The third kappa shape index (κ3) is 2.51. The van der Waals surface area contributed by atoms with Gasteiger partial charge in [0.1, 0.15) is 0 Å². The van der Waals surface area contributed by atoms with E-state index in [1.54, 1.807) is 0 Å². The number of esters is 2. The van der Waals surface area contributed by atoms with Crippen molar-refractivity contribution in [2.75, 3.05) is 0 Å². The topological polar surface area (TPSA) is 108 Å². The molecule has 0 aliphatic carbocycles. The van der Waals surface area contributed by atoms with E-state index in [0.717, 1.165) is 6.07 Å². The minimum absolute atomic E-state index is 0.0124. The van der Waals surface area contributed by atoms with Crippen LogP contribution in [0.3, 0.4) is 0 Å². The summed E-state index contributed by atoms with van der Waals surface area (Å²) < 4.78 is 9.61. The molecule has 0 N–H and O–H groups in total. The largest absolute Gasteiger partial charge is 0.386 e. The second kappa shape index (κ2) is 5.59. The summed E-state index contributed by atoms with van der Waals surface area (Å²) in [7, 11) is 0. The van der Waals surface area contributed by atoms with Gasteiger partial charge in [-0.15, -0.1) is 0 Å².